The molecule has 0 atom stereocenters. The molecule has 2 aliphatic heterocycles. The van der Waals surface area contributed by atoms with E-state index in [1.807, 2.05) is 47.5 Å². The molecule has 1 amide bonds. The predicted octanol–water partition coefficient (Wildman–Crippen LogP) is 5.63. The summed E-state index contributed by atoms with van der Waals surface area (Å²) in [7, 11) is 0. The summed E-state index contributed by atoms with van der Waals surface area (Å²) in [5, 5.41) is 3.01. The van der Waals surface area contributed by atoms with E-state index in [2.05, 4.69) is 20.9 Å². The number of nitrogens with zero attached hydrogens (tertiary/aromatic N) is 4. The lowest BCUT2D eigenvalue weighted by Gasteiger charge is -2.39. The van der Waals surface area contributed by atoms with E-state index in [1.165, 1.54) is 6.42 Å². The van der Waals surface area contributed by atoms with Crippen LogP contribution in [0.3, 0.4) is 0 Å². The summed E-state index contributed by atoms with van der Waals surface area (Å²) in [4.78, 5) is 26.5. The summed E-state index contributed by atoms with van der Waals surface area (Å²) in [6.07, 6.45) is 8.66. The number of thiazole rings is 1. The van der Waals surface area contributed by atoms with E-state index >= 15 is 0 Å². The number of piperidine rings is 1. The third-order valence-electron chi connectivity index (χ3n) is 7.21. The summed E-state index contributed by atoms with van der Waals surface area (Å²) in [6, 6.07) is 12.4. The van der Waals surface area contributed by atoms with E-state index in [4.69, 9.17) is 9.47 Å². The van der Waals surface area contributed by atoms with Gasteiger partial charge < -0.3 is 14.4 Å². The molecule has 0 aliphatic carbocycles. The molecule has 0 unspecified atom stereocenters. The van der Waals surface area contributed by atoms with Gasteiger partial charge in [0, 0.05) is 42.8 Å². The number of para-hydroxylation sites is 2. The minimum atomic E-state index is 0.189. The number of likely N-dealkylation sites (tertiary alicyclic amines) is 1. The number of benzene rings is 1. The molecule has 1 saturated heterocycles. The van der Waals surface area contributed by atoms with Crippen molar-refractivity contribution in [2.75, 3.05) is 26.2 Å². The van der Waals surface area contributed by atoms with E-state index in [1.54, 1.807) is 17.5 Å². The maximum absolute atomic E-state index is 12.9. The number of ether oxygens (including phenoxy) is 2. The Morgan fingerprint density at radius 2 is 1.84 bits per heavy atom. The lowest BCUT2D eigenvalue weighted by molar-refractivity contribution is -0.132. The first-order chi connectivity index (χ1) is 18.2. The summed E-state index contributed by atoms with van der Waals surface area (Å²) in [5.41, 5.74) is 1.97. The minimum Gasteiger partial charge on any atom is -0.490 e. The van der Waals surface area contributed by atoms with Crippen LogP contribution in [0.1, 0.15) is 54.8 Å². The van der Waals surface area contributed by atoms with Crippen LogP contribution in [-0.4, -0.2) is 58.0 Å². The zero-order valence-electron chi connectivity index (χ0n) is 21.6. The first-order valence-electron chi connectivity index (χ1n) is 13.4. The van der Waals surface area contributed by atoms with E-state index in [9.17, 15) is 4.79 Å². The molecule has 196 valence electrons. The van der Waals surface area contributed by atoms with Crippen molar-refractivity contribution >= 4 is 17.2 Å². The highest BCUT2D eigenvalue weighted by Crippen LogP contribution is 2.33. The highest BCUT2D eigenvalue weighted by Gasteiger charge is 2.28. The number of carbonyl (C=O) groups is 1. The molecule has 2 aromatic heterocycles. The zero-order valence-corrected chi connectivity index (χ0v) is 22.4. The Morgan fingerprint density at radius 3 is 2.65 bits per heavy atom. The highest BCUT2D eigenvalue weighted by molar-refractivity contribution is 7.09. The van der Waals surface area contributed by atoms with Gasteiger partial charge in [0.1, 0.15) is 0 Å². The number of carbonyl (C=O) groups excluding carboxylic acids is 1. The van der Waals surface area contributed by atoms with Crippen LogP contribution < -0.4 is 9.47 Å². The van der Waals surface area contributed by atoms with Gasteiger partial charge >= 0.3 is 0 Å². The molecule has 37 heavy (non-hydrogen) atoms. The summed E-state index contributed by atoms with van der Waals surface area (Å²) in [6.45, 7) is 6.07. The molecule has 8 heteroatoms. The Kier molecular flexibility index (Phi) is 8.68. The van der Waals surface area contributed by atoms with Gasteiger partial charge in [0.2, 0.25) is 11.8 Å². The molecular weight excluding hydrogens is 484 g/mol. The van der Waals surface area contributed by atoms with Crippen LogP contribution in [-0.2, 0) is 17.8 Å². The van der Waals surface area contributed by atoms with Crippen molar-refractivity contribution in [1.82, 2.24) is 19.8 Å². The lowest BCUT2D eigenvalue weighted by atomic mass is 10.0. The fourth-order valence-electron chi connectivity index (χ4n) is 5.19. The second-order valence-corrected chi connectivity index (χ2v) is 11.0. The maximum Gasteiger partial charge on any atom is 0.228 e. The Hall–Kier alpha value is -2.97. The molecule has 1 aromatic carbocycles. The average molecular weight is 521 g/mol. The van der Waals surface area contributed by atoms with Crippen molar-refractivity contribution in [2.24, 2.45) is 0 Å². The molecule has 0 N–H and O–H groups in total. The molecule has 0 saturated carbocycles. The maximum atomic E-state index is 12.9. The minimum absolute atomic E-state index is 0.189. The molecule has 5 rings (SSSR count). The standard InChI is InChI=1S/C29H36N4O3S/c1-22-31-24(21-37-22)19-28(34)32-16-12-25(13-17-32)33-15-6-2-3-7-18-35-26-10-4-5-11-27(26)36-29-23(20-33)9-8-14-30-29/h4-5,8-11,14,21,25H,2-3,6-7,12-13,15-20H2,1H3. The van der Waals surface area contributed by atoms with Crippen LogP contribution in [0.25, 0.3) is 0 Å². The average Bonchev–Trinajstić information content (AvgIpc) is 3.33. The van der Waals surface area contributed by atoms with Gasteiger partial charge in [0.25, 0.3) is 0 Å². The molecule has 0 spiro atoms. The molecule has 2 aliphatic rings. The van der Waals surface area contributed by atoms with Gasteiger partial charge in [-0.2, -0.15) is 0 Å². The number of fused-ring (bicyclic) bond motifs is 2. The van der Waals surface area contributed by atoms with Gasteiger partial charge in [-0.05, 0) is 57.4 Å². The Labute approximate surface area is 223 Å². The fourth-order valence-corrected chi connectivity index (χ4v) is 5.81. The van der Waals surface area contributed by atoms with Crippen molar-refractivity contribution in [3.05, 3.63) is 64.2 Å². The third-order valence-corrected chi connectivity index (χ3v) is 8.03. The summed E-state index contributed by atoms with van der Waals surface area (Å²) in [5.74, 6) is 2.28. The Balaban J connectivity index is 1.28. The molecular formula is C29H36N4O3S. The third kappa shape index (κ3) is 6.87. The number of amides is 1. The van der Waals surface area contributed by atoms with Gasteiger partial charge in [0.05, 0.1) is 23.7 Å². The lowest BCUT2D eigenvalue weighted by Crippen LogP contribution is -2.47. The fraction of sp³-hybridized carbons (Fsp3) is 0.483. The topological polar surface area (TPSA) is 67.8 Å². The number of pyridine rings is 1. The van der Waals surface area contributed by atoms with Crippen molar-refractivity contribution in [3.63, 3.8) is 0 Å². The molecule has 3 aromatic rings. The van der Waals surface area contributed by atoms with Gasteiger partial charge in [-0.1, -0.05) is 31.0 Å². The smallest absolute Gasteiger partial charge is 0.228 e. The van der Waals surface area contributed by atoms with E-state index < -0.39 is 0 Å². The Bertz CT molecular complexity index is 1180. The quantitative estimate of drug-likeness (QED) is 0.446. The first-order valence-corrected chi connectivity index (χ1v) is 14.3. The highest BCUT2D eigenvalue weighted by atomic mass is 32.1. The van der Waals surface area contributed by atoms with Gasteiger partial charge in [0.15, 0.2) is 11.5 Å². The summed E-state index contributed by atoms with van der Waals surface area (Å²) >= 11 is 1.60. The number of hydrogen-bond donors (Lipinski definition) is 0. The molecule has 7 nitrogen and oxygen atoms in total. The zero-order chi connectivity index (χ0) is 25.5. The molecule has 0 radical (unpaired) electrons. The molecule has 4 heterocycles. The van der Waals surface area contributed by atoms with Crippen LogP contribution in [0, 0.1) is 6.92 Å². The van der Waals surface area contributed by atoms with Crippen LogP contribution in [0.15, 0.2) is 48.0 Å². The van der Waals surface area contributed by atoms with Crippen molar-refractivity contribution in [2.45, 2.75) is 64.5 Å². The van der Waals surface area contributed by atoms with E-state index in [0.717, 1.165) is 80.3 Å². The normalized spacial score (nSPS) is 18.1. The van der Waals surface area contributed by atoms with Crippen LogP contribution >= 0.6 is 11.3 Å². The van der Waals surface area contributed by atoms with Crippen molar-refractivity contribution in [3.8, 4) is 17.4 Å². The van der Waals surface area contributed by atoms with Gasteiger partial charge in [-0.15, -0.1) is 11.3 Å². The number of hydrogen-bond acceptors (Lipinski definition) is 7. The monoisotopic (exact) mass is 520 g/mol. The van der Waals surface area contributed by atoms with E-state index in [0.29, 0.717) is 30.7 Å². The van der Waals surface area contributed by atoms with Crippen molar-refractivity contribution in [1.29, 1.82) is 0 Å². The number of rotatable bonds is 3. The molecule has 0 bridgehead atoms. The predicted molar refractivity (Wildman–Crippen MR) is 145 cm³/mol. The van der Waals surface area contributed by atoms with E-state index in [-0.39, 0.29) is 5.91 Å². The first kappa shape index (κ1) is 25.7. The van der Waals surface area contributed by atoms with Gasteiger partial charge in [-0.3, -0.25) is 9.69 Å². The van der Waals surface area contributed by atoms with Crippen LogP contribution in [0.4, 0.5) is 0 Å². The van der Waals surface area contributed by atoms with Crippen LogP contribution in [0.5, 0.6) is 17.4 Å². The number of aromatic nitrogens is 2. The molecule has 1 fully saturated rings. The SMILES string of the molecule is Cc1nc(CC(=O)N2CCC(N3CCCCCCOc4ccccc4Oc4ncccc4C3)CC2)cs1. The largest absolute Gasteiger partial charge is 0.490 e. The Morgan fingerprint density at radius 1 is 1.03 bits per heavy atom. The second-order valence-electron chi connectivity index (χ2n) is 9.90. The van der Waals surface area contributed by atoms with Crippen molar-refractivity contribution < 1.29 is 14.3 Å². The van der Waals surface area contributed by atoms with Crippen LogP contribution in [0.2, 0.25) is 0 Å². The summed E-state index contributed by atoms with van der Waals surface area (Å²) < 4.78 is 12.3. The second kappa shape index (κ2) is 12.5. The number of aryl methyl sites for hydroxylation is 1. The van der Waals surface area contributed by atoms with Gasteiger partial charge in [-0.25, -0.2) is 9.97 Å².